The molecule has 0 atom stereocenters. The topological polar surface area (TPSA) is 37.6 Å². The molecule has 3 aromatic rings. The summed E-state index contributed by atoms with van der Waals surface area (Å²) in [6.07, 6.45) is 8.32. The number of pyridine rings is 1. The van der Waals surface area contributed by atoms with E-state index in [2.05, 4.69) is 26.8 Å². The van der Waals surface area contributed by atoms with Gasteiger partial charge >= 0.3 is 0 Å². The second-order valence-electron chi connectivity index (χ2n) is 6.60. The van der Waals surface area contributed by atoms with E-state index < -0.39 is 0 Å². The maximum Gasteiger partial charge on any atom is 0.258 e. The van der Waals surface area contributed by atoms with Crippen LogP contribution in [0.5, 0.6) is 0 Å². The second-order valence-corrected chi connectivity index (χ2v) is 7.38. The molecule has 4 nitrogen and oxygen atoms in total. The van der Waals surface area contributed by atoms with E-state index in [1.807, 2.05) is 25.3 Å². The third kappa shape index (κ3) is 2.84. The molecule has 0 bridgehead atoms. The minimum absolute atomic E-state index is 0.104. The number of rotatable bonds is 4. The zero-order valence-electron chi connectivity index (χ0n) is 13.8. The molecule has 0 aliphatic heterocycles. The minimum Gasteiger partial charge on any atom is -0.331 e. The fourth-order valence-electron chi connectivity index (χ4n) is 3.57. The van der Waals surface area contributed by atoms with Gasteiger partial charge in [0.1, 0.15) is 0 Å². The number of carbonyl (C=O) groups is 1. The molecule has 1 fully saturated rings. The van der Waals surface area contributed by atoms with Gasteiger partial charge in [0.15, 0.2) is 0 Å². The highest BCUT2D eigenvalue weighted by molar-refractivity contribution is 7.07. The largest absolute Gasteiger partial charge is 0.331 e. The highest BCUT2D eigenvalue weighted by Gasteiger charge is 2.29. The summed E-state index contributed by atoms with van der Waals surface area (Å²) in [7, 11) is 0. The maximum absolute atomic E-state index is 13.3. The standard InChI is InChI=1S/C19H21N3OS/c1-14-6-7-18-17(10-20-22(18)11-14)19(23)21(16-4-2-3-5-16)12-15-8-9-24-13-15/h6-11,13,16H,2-5,12H2,1H3. The monoisotopic (exact) mass is 339 g/mol. The van der Waals surface area contributed by atoms with Crippen molar-refractivity contribution in [3.05, 3.63) is 58.0 Å². The van der Waals surface area contributed by atoms with Crippen LogP contribution in [0.25, 0.3) is 5.52 Å². The van der Waals surface area contributed by atoms with Gasteiger partial charge in [-0.1, -0.05) is 18.9 Å². The zero-order valence-corrected chi connectivity index (χ0v) is 14.6. The van der Waals surface area contributed by atoms with Crippen LogP contribution >= 0.6 is 11.3 Å². The molecule has 0 unspecified atom stereocenters. The smallest absolute Gasteiger partial charge is 0.258 e. The second kappa shape index (κ2) is 6.40. The van der Waals surface area contributed by atoms with Gasteiger partial charge in [-0.2, -0.15) is 16.4 Å². The van der Waals surface area contributed by atoms with Crippen molar-refractivity contribution in [3.8, 4) is 0 Å². The van der Waals surface area contributed by atoms with E-state index in [-0.39, 0.29) is 5.91 Å². The Labute approximate surface area is 145 Å². The lowest BCUT2D eigenvalue weighted by molar-refractivity contribution is 0.0667. The molecule has 0 spiro atoms. The van der Waals surface area contributed by atoms with Gasteiger partial charge < -0.3 is 4.90 Å². The van der Waals surface area contributed by atoms with Crippen molar-refractivity contribution in [1.82, 2.24) is 14.5 Å². The summed E-state index contributed by atoms with van der Waals surface area (Å²) in [6, 6.07) is 6.48. The van der Waals surface area contributed by atoms with Crippen molar-refractivity contribution in [2.45, 2.75) is 45.2 Å². The predicted octanol–water partition coefficient (Wildman–Crippen LogP) is 4.29. The predicted molar refractivity (Wildman–Crippen MR) is 96.4 cm³/mol. The lowest BCUT2D eigenvalue weighted by atomic mass is 10.1. The first-order valence-electron chi connectivity index (χ1n) is 8.48. The van der Waals surface area contributed by atoms with Crippen LogP contribution in [-0.2, 0) is 6.54 Å². The Morgan fingerprint density at radius 3 is 2.92 bits per heavy atom. The normalized spacial score (nSPS) is 15.2. The molecule has 124 valence electrons. The van der Waals surface area contributed by atoms with Crippen molar-refractivity contribution in [2.24, 2.45) is 0 Å². The molecule has 1 aliphatic rings. The highest BCUT2D eigenvalue weighted by atomic mass is 32.1. The lowest BCUT2D eigenvalue weighted by Gasteiger charge is -2.28. The Morgan fingerprint density at radius 1 is 1.33 bits per heavy atom. The van der Waals surface area contributed by atoms with Crippen LogP contribution < -0.4 is 0 Å². The minimum atomic E-state index is 0.104. The summed E-state index contributed by atoms with van der Waals surface area (Å²) in [6.45, 7) is 2.72. The van der Waals surface area contributed by atoms with Crippen molar-refractivity contribution < 1.29 is 4.79 Å². The molecule has 0 radical (unpaired) electrons. The van der Waals surface area contributed by atoms with Crippen LogP contribution in [0.4, 0.5) is 0 Å². The van der Waals surface area contributed by atoms with Crippen molar-refractivity contribution >= 4 is 22.8 Å². The molecule has 3 aromatic heterocycles. The van der Waals surface area contributed by atoms with E-state index in [4.69, 9.17) is 0 Å². The van der Waals surface area contributed by atoms with Gasteiger partial charge in [0.2, 0.25) is 0 Å². The molecular weight excluding hydrogens is 318 g/mol. The van der Waals surface area contributed by atoms with E-state index >= 15 is 0 Å². The molecule has 0 aromatic carbocycles. The molecule has 1 amide bonds. The first kappa shape index (κ1) is 15.4. The lowest BCUT2D eigenvalue weighted by Crippen LogP contribution is -2.38. The van der Waals surface area contributed by atoms with Crippen LogP contribution in [0.15, 0.2) is 41.4 Å². The molecular formula is C19H21N3OS. The Hall–Kier alpha value is -2.14. The zero-order chi connectivity index (χ0) is 16.5. The molecule has 4 rings (SSSR count). The van der Waals surface area contributed by atoms with Gasteiger partial charge in [0.05, 0.1) is 17.3 Å². The van der Waals surface area contributed by atoms with E-state index in [1.165, 1.54) is 18.4 Å². The van der Waals surface area contributed by atoms with Gasteiger partial charge in [0, 0.05) is 18.8 Å². The van der Waals surface area contributed by atoms with Crippen molar-refractivity contribution in [2.75, 3.05) is 0 Å². The first-order valence-corrected chi connectivity index (χ1v) is 9.43. The van der Waals surface area contributed by atoms with Crippen LogP contribution in [0.1, 0.15) is 47.2 Å². The summed E-state index contributed by atoms with van der Waals surface area (Å²) in [5.41, 5.74) is 3.94. The van der Waals surface area contributed by atoms with Crippen LogP contribution in [-0.4, -0.2) is 26.5 Å². The quantitative estimate of drug-likeness (QED) is 0.711. The summed E-state index contributed by atoms with van der Waals surface area (Å²) in [5.74, 6) is 0.104. The fourth-order valence-corrected chi connectivity index (χ4v) is 4.23. The molecule has 1 saturated carbocycles. The van der Waals surface area contributed by atoms with Gasteiger partial charge in [-0.3, -0.25) is 4.79 Å². The van der Waals surface area contributed by atoms with Crippen LogP contribution in [0.3, 0.4) is 0 Å². The van der Waals surface area contributed by atoms with Gasteiger partial charge in [-0.05, 0) is 53.8 Å². The van der Waals surface area contributed by atoms with E-state index in [0.29, 0.717) is 18.2 Å². The van der Waals surface area contributed by atoms with E-state index in [0.717, 1.165) is 23.9 Å². The highest BCUT2D eigenvalue weighted by Crippen LogP contribution is 2.28. The number of hydrogen-bond acceptors (Lipinski definition) is 3. The van der Waals surface area contributed by atoms with Crippen LogP contribution in [0, 0.1) is 6.92 Å². The number of carbonyl (C=O) groups excluding carboxylic acids is 1. The van der Waals surface area contributed by atoms with E-state index in [9.17, 15) is 4.79 Å². The number of amides is 1. The molecule has 3 heterocycles. The maximum atomic E-state index is 13.3. The number of aromatic nitrogens is 2. The summed E-state index contributed by atoms with van der Waals surface area (Å²) < 4.78 is 1.81. The average molecular weight is 339 g/mol. The number of aryl methyl sites for hydroxylation is 1. The Kier molecular flexibility index (Phi) is 4.10. The summed E-state index contributed by atoms with van der Waals surface area (Å²) >= 11 is 1.68. The van der Waals surface area contributed by atoms with E-state index in [1.54, 1.807) is 22.0 Å². The molecule has 0 N–H and O–H groups in total. The fraction of sp³-hybridized carbons (Fsp3) is 0.368. The number of hydrogen-bond donors (Lipinski definition) is 0. The molecule has 24 heavy (non-hydrogen) atoms. The van der Waals surface area contributed by atoms with Gasteiger partial charge in [-0.25, -0.2) is 4.52 Å². The molecule has 0 saturated heterocycles. The van der Waals surface area contributed by atoms with Crippen molar-refractivity contribution in [3.63, 3.8) is 0 Å². The Morgan fingerprint density at radius 2 is 2.17 bits per heavy atom. The van der Waals surface area contributed by atoms with Gasteiger partial charge in [0.25, 0.3) is 5.91 Å². The summed E-state index contributed by atoms with van der Waals surface area (Å²) in [5, 5.41) is 8.59. The third-order valence-corrected chi connectivity index (χ3v) is 5.59. The average Bonchev–Trinajstić information content (AvgIpc) is 3.32. The third-order valence-electron chi connectivity index (χ3n) is 4.85. The number of nitrogens with zero attached hydrogens (tertiary/aromatic N) is 3. The first-order chi connectivity index (χ1) is 11.7. The summed E-state index contributed by atoms with van der Waals surface area (Å²) in [4.78, 5) is 15.4. The Balaban J connectivity index is 1.69. The Bertz CT molecular complexity index is 847. The SMILES string of the molecule is Cc1ccc2c(C(=O)N(Cc3ccsc3)C3CCCC3)cnn2c1. The molecule has 5 heteroatoms. The number of thiophene rings is 1. The van der Waals surface area contributed by atoms with Crippen LogP contribution in [0.2, 0.25) is 0 Å². The van der Waals surface area contributed by atoms with Gasteiger partial charge in [-0.15, -0.1) is 0 Å². The number of fused-ring (bicyclic) bond motifs is 1. The van der Waals surface area contributed by atoms with Crippen molar-refractivity contribution in [1.29, 1.82) is 0 Å². The molecule has 1 aliphatic carbocycles.